The number of benzene rings is 3. The minimum Gasteiger partial charge on any atom is -0.365 e. The molecule has 198 valence electrons. The predicted molar refractivity (Wildman–Crippen MR) is 161 cm³/mol. The highest BCUT2D eigenvalue weighted by Gasteiger charge is 2.38. The summed E-state index contributed by atoms with van der Waals surface area (Å²) < 4.78 is 14.1. The van der Waals surface area contributed by atoms with Gasteiger partial charge in [0.2, 0.25) is 0 Å². The Kier molecular flexibility index (Phi) is 5.62. The summed E-state index contributed by atoms with van der Waals surface area (Å²) >= 11 is 0. The van der Waals surface area contributed by atoms with E-state index in [1.165, 1.54) is 0 Å². The number of alkyl halides is 1. The van der Waals surface area contributed by atoms with Crippen LogP contribution in [-0.2, 0) is 0 Å². The van der Waals surface area contributed by atoms with E-state index in [9.17, 15) is 4.39 Å². The molecule has 0 amide bonds. The Bertz CT molecular complexity index is 1850. The highest BCUT2D eigenvalue weighted by molar-refractivity contribution is 5.95. The molecule has 6 aromatic rings. The van der Waals surface area contributed by atoms with Gasteiger partial charge < -0.3 is 20.5 Å². The first-order valence-electron chi connectivity index (χ1n) is 13.3. The Balaban J connectivity index is 1.11. The molecule has 4 heterocycles. The Morgan fingerprint density at radius 3 is 2.35 bits per heavy atom. The number of aromatic nitrogens is 4. The van der Waals surface area contributed by atoms with Crippen molar-refractivity contribution in [2.75, 3.05) is 28.6 Å². The number of rotatable bonds is 6. The molecule has 1 saturated heterocycles. The average molecular weight is 530 g/mol. The first-order valence-corrected chi connectivity index (χ1v) is 13.3. The summed E-state index contributed by atoms with van der Waals surface area (Å²) in [7, 11) is 0. The smallest absolute Gasteiger partial charge is 0.142 e. The Morgan fingerprint density at radius 1 is 0.800 bits per heavy atom. The number of hydrogen-bond donors (Lipinski definition) is 3. The fourth-order valence-corrected chi connectivity index (χ4v) is 5.25. The van der Waals surface area contributed by atoms with Crippen LogP contribution in [0.3, 0.4) is 0 Å². The van der Waals surface area contributed by atoms with Gasteiger partial charge >= 0.3 is 0 Å². The molecule has 0 radical (unpaired) electrons. The van der Waals surface area contributed by atoms with Gasteiger partial charge in [-0.3, -0.25) is 9.97 Å². The van der Waals surface area contributed by atoms with Crippen LogP contribution in [0.15, 0.2) is 91.3 Å². The molecule has 1 fully saturated rings. The monoisotopic (exact) mass is 529 g/mol. The van der Waals surface area contributed by atoms with Crippen molar-refractivity contribution in [3.63, 3.8) is 0 Å². The molecule has 0 saturated carbocycles. The molecular weight excluding hydrogens is 501 g/mol. The van der Waals surface area contributed by atoms with E-state index < -0.39 is 5.67 Å². The van der Waals surface area contributed by atoms with Gasteiger partial charge in [-0.1, -0.05) is 0 Å². The highest BCUT2D eigenvalue weighted by atomic mass is 19.1. The molecule has 0 unspecified atom stereocenters. The van der Waals surface area contributed by atoms with Gasteiger partial charge in [0.25, 0.3) is 0 Å². The molecule has 7 nitrogen and oxygen atoms in total. The van der Waals surface area contributed by atoms with Crippen LogP contribution >= 0.6 is 0 Å². The second kappa shape index (κ2) is 9.34. The molecule has 7 rings (SSSR count). The first-order chi connectivity index (χ1) is 19.4. The van der Waals surface area contributed by atoms with Gasteiger partial charge in [-0.05, 0) is 92.7 Å². The summed E-state index contributed by atoms with van der Waals surface area (Å²) in [5.74, 6) is 0.812. The summed E-state index contributed by atoms with van der Waals surface area (Å²) in [5, 5.41) is 7.96. The Morgan fingerprint density at radius 2 is 1.55 bits per heavy atom. The van der Waals surface area contributed by atoms with Crippen LogP contribution in [0, 0.1) is 6.92 Å². The molecule has 0 aliphatic carbocycles. The number of pyridine rings is 2. The van der Waals surface area contributed by atoms with Crippen LogP contribution in [0.5, 0.6) is 0 Å². The van der Waals surface area contributed by atoms with Gasteiger partial charge in [0.15, 0.2) is 0 Å². The van der Waals surface area contributed by atoms with Crippen LogP contribution in [0.25, 0.3) is 33.3 Å². The number of H-pyrrole nitrogens is 1. The summed E-state index contributed by atoms with van der Waals surface area (Å²) in [6.07, 6.45) is 3.60. The van der Waals surface area contributed by atoms with E-state index in [0.29, 0.717) is 13.1 Å². The van der Waals surface area contributed by atoms with E-state index in [0.717, 1.165) is 67.5 Å². The van der Waals surface area contributed by atoms with Crippen molar-refractivity contribution in [1.82, 2.24) is 19.9 Å². The van der Waals surface area contributed by atoms with Crippen molar-refractivity contribution in [2.45, 2.75) is 19.5 Å². The highest BCUT2D eigenvalue weighted by Crippen LogP contribution is 2.34. The van der Waals surface area contributed by atoms with Crippen LogP contribution in [0.4, 0.5) is 32.8 Å². The van der Waals surface area contributed by atoms with E-state index in [-0.39, 0.29) is 0 Å². The fourth-order valence-electron chi connectivity index (χ4n) is 5.25. The zero-order valence-corrected chi connectivity index (χ0v) is 22.2. The maximum atomic E-state index is 14.1. The predicted octanol–water partition coefficient (Wildman–Crippen LogP) is 7.52. The van der Waals surface area contributed by atoms with E-state index in [1.54, 1.807) is 19.3 Å². The van der Waals surface area contributed by atoms with Gasteiger partial charge in [-0.2, -0.15) is 0 Å². The van der Waals surface area contributed by atoms with Crippen molar-refractivity contribution in [3.05, 3.63) is 97.0 Å². The number of imidazole rings is 1. The van der Waals surface area contributed by atoms with Gasteiger partial charge in [-0.25, -0.2) is 9.37 Å². The number of aryl methyl sites for hydroxylation is 1. The fraction of sp³-hybridized carbons (Fsp3) is 0.156. The molecule has 0 spiro atoms. The number of anilines is 5. The van der Waals surface area contributed by atoms with Crippen molar-refractivity contribution in [3.8, 4) is 11.4 Å². The molecule has 1 aliphatic heterocycles. The molecule has 3 N–H and O–H groups in total. The molecule has 0 atom stereocenters. The molecule has 1 aliphatic rings. The second-order valence-electron chi connectivity index (χ2n) is 10.7. The zero-order chi connectivity index (χ0) is 27.3. The van der Waals surface area contributed by atoms with Crippen molar-refractivity contribution >= 4 is 50.4 Å². The molecule has 3 aromatic carbocycles. The van der Waals surface area contributed by atoms with Crippen LogP contribution < -0.4 is 15.5 Å². The molecule has 0 bridgehead atoms. The summed E-state index contributed by atoms with van der Waals surface area (Å²) in [6, 6.07) is 26.3. The van der Waals surface area contributed by atoms with Gasteiger partial charge in [-0.15, -0.1) is 0 Å². The minimum absolute atomic E-state index is 0.410. The maximum absolute atomic E-state index is 14.1. The number of nitrogens with zero attached hydrogens (tertiary/aromatic N) is 4. The third-order valence-electron chi connectivity index (χ3n) is 7.24. The van der Waals surface area contributed by atoms with Gasteiger partial charge in [0, 0.05) is 57.5 Å². The van der Waals surface area contributed by atoms with E-state index in [4.69, 9.17) is 4.98 Å². The van der Waals surface area contributed by atoms with Crippen LogP contribution in [0.1, 0.15) is 12.6 Å². The van der Waals surface area contributed by atoms with Crippen molar-refractivity contribution in [1.29, 1.82) is 0 Å². The van der Waals surface area contributed by atoms with Crippen LogP contribution in [0.2, 0.25) is 0 Å². The molecule has 8 heteroatoms. The lowest BCUT2D eigenvalue weighted by Gasteiger charge is -2.43. The van der Waals surface area contributed by atoms with E-state index in [1.807, 2.05) is 61.5 Å². The minimum atomic E-state index is -1.12. The number of halogens is 1. The van der Waals surface area contributed by atoms with Crippen molar-refractivity contribution < 1.29 is 4.39 Å². The number of fused-ring (bicyclic) bond motifs is 2. The van der Waals surface area contributed by atoms with Crippen molar-refractivity contribution in [2.24, 2.45) is 0 Å². The summed E-state index contributed by atoms with van der Waals surface area (Å²) in [6.45, 7) is 4.44. The average Bonchev–Trinajstić information content (AvgIpc) is 3.36. The molecule has 40 heavy (non-hydrogen) atoms. The third-order valence-corrected chi connectivity index (χ3v) is 7.24. The normalized spacial score (nSPS) is 14.3. The van der Waals surface area contributed by atoms with Gasteiger partial charge in [0.05, 0.1) is 29.6 Å². The number of nitrogens with one attached hydrogen (secondary N) is 3. The topological polar surface area (TPSA) is 81.8 Å². The SMILES string of the molecule is Cc1cc(Nc2ccc3nc(-c4ccc(Nc5ccnc6ccc(N7CC(C)(F)C7)cc56)cc4)[nH]c3c2)ccn1. The second-order valence-corrected chi connectivity index (χ2v) is 10.7. The lowest BCUT2D eigenvalue weighted by Crippen LogP contribution is -2.57. The molecule has 3 aromatic heterocycles. The van der Waals surface area contributed by atoms with E-state index >= 15 is 0 Å². The zero-order valence-electron chi connectivity index (χ0n) is 22.2. The van der Waals surface area contributed by atoms with Gasteiger partial charge in [0.1, 0.15) is 11.5 Å². The molecular formula is C32H28FN7. The lowest BCUT2D eigenvalue weighted by atomic mass is 9.97. The summed E-state index contributed by atoms with van der Waals surface area (Å²) in [4.78, 5) is 19.1. The largest absolute Gasteiger partial charge is 0.365 e. The standard InChI is InChI=1S/C32H28FN7/c1-20-15-24(11-13-34-20)36-23-7-9-29-30(16-23)39-31(38-29)21-3-5-22(6-4-21)37-28-12-14-35-27-10-8-25(17-26(27)28)40-18-32(2,33)19-40/h3-17H,18-19H2,1-2H3,(H,34,36)(H,35,37)(H,38,39). The number of aromatic amines is 1. The quantitative estimate of drug-likeness (QED) is 0.207. The summed E-state index contributed by atoms with van der Waals surface area (Å²) in [5.41, 5.74) is 8.49. The third kappa shape index (κ3) is 4.68. The van der Waals surface area contributed by atoms with Crippen LogP contribution in [-0.4, -0.2) is 38.7 Å². The first kappa shape index (κ1) is 24.1. The van der Waals surface area contributed by atoms with E-state index in [2.05, 4.69) is 54.8 Å². The Labute approximate surface area is 231 Å². The lowest BCUT2D eigenvalue weighted by molar-refractivity contribution is 0.144. The Hall–Kier alpha value is -4.98. The maximum Gasteiger partial charge on any atom is 0.142 e. The number of hydrogen-bond acceptors (Lipinski definition) is 6.